The summed E-state index contributed by atoms with van der Waals surface area (Å²) in [5.74, 6) is 0. The van der Waals surface area contributed by atoms with Crippen molar-refractivity contribution < 1.29 is 5.11 Å². The molecule has 2 aromatic rings. The fourth-order valence-electron chi connectivity index (χ4n) is 2.25. The molecule has 0 radical (unpaired) electrons. The molecule has 0 fully saturated rings. The predicted molar refractivity (Wildman–Crippen MR) is 80.2 cm³/mol. The second-order valence-electron chi connectivity index (χ2n) is 4.71. The summed E-state index contributed by atoms with van der Waals surface area (Å²) in [6.07, 6.45) is 0.894. The van der Waals surface area contributed by atoms with Gasteiger partial charge in [-0.2, -0.15) is 5.10 Å². The highest BCUT2D eigenvalue weighted by molar-refractivity contribution is 9.10. The van der Waals surface area contributed by atoms with E-state index in [9.17, 15) is 5.11 Å². The Morgan fingerprint density at radius 1 is 1.26 bits per heavy atom. The molecule has 0 saturated heterocycles. The summed E-state index contributed by atoms with van der Waals surface area (Å²) in [5, 5.41) is 14.7. The van der Waals surface area contributed by atoms with Gasteiger partial charge in [0, 0.05) is 13.0 Å². The van der Waals surface area contributed by atoms with Gasteiger partial charge >= 0.3 is 0 Å². The molecule has 0 amide bonds. The molecule has 0 spiro atoms. The van der Waals surface area contributed by atoms with Crippen LogP contribution in [-0.2, 0) is 19.4 Å². The number of aromatic nitrogens is 2. The van der Waals surface area contributed by atoms with Crippen molar-refractivity contribution >= 4 is 15.9 Å². The zero-order valence-electron chi connectivity index (χ0n) is 11.3. The van der Waals surface area contributed by atoms with Crippen molar-refractivity contribution in [3.05, 3.63) is 51.8 Å². The Labute approximate surface area is 122 Å². The zero-order chi connectivity index (χ0) is 13.8. The molecule has 0 aliphatic rings. The Balaban J connectivity index is 2.09. The fourth-order valence-corrected chi connectivity index (χ4v) is 2.69. The third-order valence-corrected chi connectivity index (χ3v) is 4.23. The van der Waals surface area contributed by atoms with Gasteiger partial charge in [-0.3, -0.25) is 4.68 Å². The quantitative estimate of drug-likeness (QED) is 0.918. The van der Waals surface area contributed by atoms with Gasteiger partial charge in [0.05, 0.1) is 22.0 Å². The van der Waals surface area contributed by atoms with Crippen molar-refractivity contribution in [1.29, 1.82) is 0 Å². The van der Waals surface area contributed by atoms with E-state index in [1.807, 2.05) is 41.9 Å². The van der Waals surface area contributed by atoms with Crippen LogP contribution in [0.15, 0.2) is 34.8 Å². The summed E-state index contributed by atoms with van der Waals surface area (Å²) in [7, 11) is 0. The Hall–Kier alpha value is -1.13. The van der Waals surface area contributed by atoms with Crippen LogP contribution in [0.4, 0.5) is 0 Å². The molecule has 1 unspecified atom stereocenters. The van der Waals surface area contributed by atoms with Gasteiger partial charge in [-0.05, 0) is 41.8 Å². The van der Waals surface area contributed by atoms with Crippen LogP contribution in [0.5, 0.6) is 0 Å². The predicted octanol–water partition coefficient (Wildman–Crippen LogP) is 3.12. The Bertz CT molecular complexity index is 537. The van der Waals surface area contributed by atoms with Crippen molar-refractivity contribution in [3.8, 4) is 0 Å². The highest BCUT2D eigenvalue weighted by atomic mass is 79.9. The highest BCUT2D eigenvalue weighted by Crippen LogP contribution is 2.23. The lowest BCUT2D eigenvalue weighted by Gasteiger charge is -2.12. The van der Waals surface area contributed by atoms with E-state index >= 15 is 0 Å². The molecule has 0 aliphatic heterocycles. The molecular weight excluding hydrogens is 304 g/mol. The van der Waals surface area contributed by atoms with Crippen LogP contribution < -0.4 is 0 Å². The summed E-state index contributed by atoms with van der Waals surface area (Å²) in [5.41, 5.74) is 3.21. The fraction of sp³-hybridized carbons (Fsp3) is 0.400. The first kappa shape index (κ1) is 14.3. The normalized spacial score (nSPS) is 12.6. The lowest BCUT2D eigenvalue weighted by molar-refractivity contribution is 0.172. The van der Waals surface area contributed by atoms with E-state index in [2.05, 4.69) is 28.0 Å². The second-order valence-corrected chi connectivity index (χ2v) is 5.50. The third kappa shape index (κ3) is 3.45. The van der Waals surface area contributed by atoms with Gasteiger partial charge in [0.2, 0.25) is 0 Å². The van der Waals surface area contributed by atoms with Crippen LogP contribution in [0.1, 0.15) is 23.9 Å². The second kappa shape index (κ2) is 6.35. The summed E-state index contributed by atoms with van der Waals surface area (Å²) >= 11 is 3.56. The number of benzene rings is 1. The van der Waals surface area contributed by atoms with Crippen LogP contribution >= 0.6 is 15.9 Å². The van der Waals surface area contributed by atoms with E-state index < -0.39 is 0 Å². The van der Waals surface area contributed by atoms with Gasteiger partial charge in [-0.1, -0.05) is 30.3 Å². The number of nitrogens with zero attached hydrogens (tertiary/aromatic N) is 2. The van der Waals surface area contributed by atoms with Crippen molar-refractivity contribution in [2.75, 3.05) is 0 Å². The minimum absolute atomic E-state index is 0.389. The molecule has 0 bridgehead atoms. The smallest absolute Gasteiger partial charge is 0.0738 e. The summed E-state index contributed by atoms with van der Waals surface area (Å²) < 4.78 is 2.97. The van der Waals surface area contributed by atoms with Crippen molar-refractivity contribution in [1.82, 2.24) is 9.78 Å². The van der Waals surface area contributed by atoms with E-state index in [0.717, 1.165) is 28.0 Å². The maximum atomic E-state index is 10.2. The SMILES string of the molecule is CCn1nc(C)c(Br)c1CC(O)Cc1ccccc1. The highest BCUT2D eigenvalue weighted by Gasteiger charge is 2.16. The standard InChI is InChI=1S/C15H19BrN2O/c1-3-18-14(15(16)11(2)17-18)10-13(19)9-12-7-5-4-6-8-12/h4-8,13,19H,3,9-10H2,1-2H3. The summed E-state index contributed by atoms with van der Waals surface area (Å²) in [6, 6.07) is 10.1. The van der Waals surface area contributed by atoms with E-state index in [1.165, 1.54) is 0 Å². The van der Waals surface area contributed by atoms with Gasteiger partial charge in [0.15, 0.2) is 0 Å². The van der Waals surface area contributed by atoms with E-state index in [0.29, 0.717) is 12.8 Å². The number of hydrogen-bond donors (Lipinski definition) is 1. The van der Waals surface area contributed by atoms with E-state index in [-0.39, 0.29) is 6.10 Å². The molecule has 3 nitrogen and oxygen atoms in total. The number of aryl methyl sites for hydroxylation is 2. The van der Waals surface area contributed by atoms with Crippen LogP contribution in [0, 0.1) is 6.92 Å². The monoisotopic (exact) mass is 322 g/mol. The maximum Gasteiger partial charge on any atom is 0.0738 e. The number of aliphatic hydroxyl groups is 1. The Morgan fingerprint density at radius 2 is 1.95 bits per heavy atom. The summed E-state index contributed by atoms with van der Waals surface area (Å²) in [4.78, 5) is 0. The van der Waals surface area contributed by atoms with Gasteiger partial charge in [-0.25, -0.2) is 0 Å². The zero-order valence-corrected chi connectivity index (χ0v) is 12.9. The lowest BCUT2D eigenvalue weighted by atomic mass is 10.0. The number of rotatable bonds is 5. The number of hydrogen-bond acceptors (Lipinski definition) is 2. The molecule has 0 saturated carbocycles. The van der Waals surface area contributed by atoms with Crippen molar-refractivity contribution in [2.24, 2.45) is 0 Å². The topological polar surface area (TPSA) is 38.0 Å². The van der Waals surface area contributed by atoms with Crippen LogP contribution in [0.25, 0.3) is 0 Å². The largest absolute Gasteiger partial charge is 0.392 e. The molecule has 2 rings (SSSR count). The van der Waals surface area contributed by atoms with Gasteiger partial charge < -0.3 is 5.11 Å². The van der Waals surface area contributed by atoms with Crippen LogP contribution in [-0.4, -0.2) is 21.0 Å². The first-order valence-electron chi connectivity index (χ1n) is 6.55. The first-order valence-corrected chi connectivity index (χ1v) is 7.35. The van der Waals surface area contributed by atoms with Crippen molar-refractivity contribution in [2.45, 2.75) is 39.3 Å². The Morgan fingerprint density at radius 3 is 2.58 bits per heavy atom. The van der Waals surface area contributed by atoms with Crippen LogP contribution in [0.3, 0.4) is 0 Å². The van der Waals surface area contributed by atoms with E-state index in [1.54, 1.807) is 0 Å². The Kier molecular flexibility index (Phi) is 4.77. The lowest BCUT2D eigenvalue weighted by Crippen LogP contribution is -2.17. The average molecular weight is 323 g/mol. The molecule has 1 atom stereocenters. The molecule has 1 N–H and O–H groups in total. The molecule has 19 heavy (non-hydrogen) atoms. The van der Waals surface area contributed by atoms with Gasteiger partial charge in [-0.15, -0.1) is 0 Å². The third-order valence-electron chi connectivity index (χ3n) is 3.20. The number of aliphatic hydroxyl groups excluding tert-OH is 1. The summed E-state index contributed by atoms with van der Waals surface area (Å²) in [6.45, 7) is 4.86. The van der Waals surface area contributed by atoms with Crippen molar-refractivity contribution in [3.63, 3.8) is 0 Å². The molecule has 1 aromatic heterocycles. The van der Waals surface area contributed by atoms with Crippen LogP contribution in [0.2, 0.25) is 0 Å². The van der Waals surface area contributed by atoms with Gasteiger partial charge in [0.25, 0.3) is 0 Å². The maximum absolute atomic E-state index is 10.2. The molecule has 1 aromatic carbocycles. The average Bonchev–Trinajstić information content (AvgIpc) is 2.67. The minimum Gasteiger partial charge on any atom is -0.392 e. The van der Waals surface area contributed by atoms with E-state index in [4.69, 9.17) is 0 Å². The molecule has 4 heteroatoms. The van der Waals surface area contributed by atoms with Gasteiger partial charge in [0.1, 0.15) is 0 Å². The molecule has 102 valence electrons. The minimum atomic E-state index is -0.389. The molecule has 1 heterocycles. The molecule has 0 aliphatic carbocycles. The molecular formula is C15H19BrN2O. The first-order chi connectivity index (χ1) is 9.11. The number of halogens is 1.